The van der Waals surface area contributed by atoms with E-state index in [4.69, 9.17) is 13.0 Å². The van der Waals surface area contributed by atoms with Crippen molar-refractivity contribution in [3.8, 4) is 0 Å². The van der Waals surface area contributed by atoms with Crippen LogP contribution >= 0.6 is 0 Å². The van der Waals surface area contributed by atoms with Crippen LogP contribution in [0.15, 0.2) is 48.7 Å². The zero-order valence-corrected chi connectivity index (χ0v) is 14.6. The number of nitrogens with zero attached hydrogens (tertiary/aromatic N) is 2. The zero-order valence-electron chi connectivity index (χ0n) is 13.8. The summed E-state index contributed by atoms with van der Waals surface area (Å²) in [5.74, 6) is 0. The van der Waals surface area contributed by atoms with Gasteiger partial charge in [0, 0.05) is 44.2 Å². The number of aryl methyl sites for hydroxylation is 1. The van der Waals surface area contributed by atoms with Crippen LogP contribution in [0.2, 0.25) is 0 Å². The molecule has 124 valence electrons. The summed E-state index contributed by atoms with van der Waals surface area (Å²) in [5.41, 5.74) is 3.61. The van der Waals surface area contributed by atoms with E-state index in [0.717, 1.165) is 0 Å². The van der Waals surface area contributed by atoms with Gasteiger partial charge in [0.25, 0.3) is 0 Å². The van der Waals surface area contributed by atoms with E-state index >= 15 is 0 Å². The third-order valence-electron chi connectivity index (χ3n) is 2.93. The highest BCUT2D eigenvalue weighted by Crippen LogP contribution is 2.12. The molecule has 5 nitrogen and oxygen atoms in total. The van der Waals surface area contributed by atoms with Gasteiger partial charge in [-0.1, -0.05) is 30.3 Å². The first-order valence-corrected chi connectivity index (χ1v) is 8.79. The summed E-state index contributed by atoms with van der Waals surface area (Å²) in [6.07, 6.45) is 6.96. The van der Waals surface area contributed by atoms with E-state index < -0.39 is 10.1 Å². The number of hydrogen-bond donors (Lipinski definition) is 0. The number of aromatic nitrogens is 1. The van der Waals surface area contributed by atoms with Crippen LogP contribution in [0.4, 0.5) is 5.69 Å². The maximum absolute atomic E-state index is 9.08. The van der Waals surface area contributed by atoms with E-state index in [2.05, 4.69) is 85.4 Å². The molecule has 0 aliphatic heterocycles. The summed E-state index contributed by atoms with van der Waals surface area (Å²) in [6, 6.07) is 14.6. The van der Waals surface area contributed by atoms with Crippen LogP contribution in [-0.4, -0.2) is 33.3 Å². The number of hydrogen-bond acceptors (Lipinski definition) is 4. The van der Waals surface area contributed by atoms with Crippen molar-refractivity contribution in [2.24, 2.45) is 7.05 Å². The van der Waals surface area contributed by atoms with Crippen LogP contribution in [0, 0.1) is 0 Å². The number of rotatable bonds is 3. The number of benzene rings is 1. The van der Waals surface area contributed by atoms with Gasteiger partial charge in [0.1, 0.15) is 7.05 Å². The molecule has 6 heteroatoms. The average molecular weight is 334 g/mol. The molecule has 0 saturated carbocycles. The molecule has 0 radical (unpaired) electrons. The molecule has 23 heavy (non-hydrogen) atoms. The maximum atomic E-state index is 9.08. The topological polar surface area (TPSA) is 64.3 Å². The Bertz CT molecular complexity index is 747. The van der Waals surface area contributed by atoms with Gasteiger partial charge in [-0.3, -0.25) is 0 Å². The fourth-order valence-electron chi connectivity index (χ4n) is 1.77. The molecule has 0 bridgehead atoms. The molecule has 2 aromatic rings. The smallest absolute Gasteiger partial charge is 0.207 e. The minimum absolute atomic E-state index is 0.604. The van der Waals surface area contributed by atoms with Crippen molar-refractivity contribution in [2.45, 2.75) is 0 Å². The van der Waals surface area contributed by atoms with E-state index in [1.165, 1.54) is 16.9 Å². The van der Waals surface area contributed by atoms with E-state index in [9.17, 15) is 0 Å². The van der Waals surface area contributed by atoms with E-state index in [-0.39, 0.29) is 0 Å². The maximum Gasteiger partial charge on any atom is 0.207 e. The van der Waals surface area contributed by atoms with Crippen molar-refractivity contribution >= 4 is 28.0 Å². The van der Waals surface area contributed by atoms with Crippen molar-refractivity contribution < 1.29 is 17.5 Å². The standard InChI is InChI=1S/C16H19N2.CH4O3S/c1-17(2)15-11-12-18(3)16(13-15)10-9-14-7-5-4-6-8-14;1-5(2,3)4/h4-13H,1-3H3;1H3,(H,2,3,4)/q+1;/p-1. The Hall–Kier alpha value is -2.18. The van der Waals surface area contributed by atoms with Crippen molar-refractivity contribution in [2.75, 3.05) is 25.3 Å². The van der Waals surface area contributed by atoms with Crippen molar-refractivity contribution in [3.63, 3.8) is 0 Å². The molecule has 2 rings (SSSR count). The lowest BCUT2D eigenvalue weighted by molar-refractivity contribution is -0.673. The average Bonchev–Trinajstić information content (AvgIpc) is 2.45. The lowest BCUT2D eigenvalue weighted by atomic mass is 10.2. The molecular weight excluding hydrogens is 312 g/mol. The molecule has 0 fully saturated rings. The Kier molecular flexibility index (Phi) is 6.93. The Morgan fingerprint density at radius 2 is 1.65 bits per heavy atom. The second-order valence-corrected chi connectivity index (χ2v) is 6.67. The van der Waals surface area contributed by atoms with Crippen molar-refractivity contribution in [1.82, 2.24) is 0 Å². The summed E-state index contributed by atoms with van der Waals surface area (Å²) in [4.78, 5) is 2.11. The normalized spacial score (nSPS) is 11.0. The van der Waals surface area contributed by atoms with E-state index in [1.54, 1.807) is 0 Å². The quantitative estimate of drug-likeness (QED) is 0.635. The lowest BCUT2D eigenvalue weighted by Crippen LogP contribution is -2.31. The van der Waals surface area contributed by atoms with Gasteiger partial charge in [-0.2, -0.15) is 0 Å². The van der Waals surface area contributed by atoms with Crippen LogP contribution in [0.5, 0.6) is 0 Å². The van der Waals surface area contributed by atoms with Crippen LogP contribution in [0.3, 0.4) is 0 Å². The lowest BCUT2D eigenvalue weighted by Gasteiger charge is -2.11. The Morgan fingerprint density at radius 3 is 2.17 bits per heavy atom. The predicted molar refractivity (Wildman–Crippen MR) is 92.9 cm³/mol. The van der Waals surface area contributed by atoms with Gasteiger partial charge in [-0.25, -0.2) is 13.0 Å². The van der Waals surface area contributed by atoms with E-state index in [0.29, 0.717) is 6.26 Å². The fraction of sp³-hybridized carbons (Fsp3) is 0.235. The third kappa shape index (κ3) is 8.13. The molecule has 0 amide bonds. The molecule has 0 spiro atoms. The molecule has 0 aliphatic rings. The molecule has 0 unspecified atom stereocenters. The Labute approximate surface area is 138 Å². The van der Waals surface area contributed by atoms with Gasteiger partial charge in [-0.05, 0) is 11.6 Å². The second-order valence-electron chi connectivity index (χ2n) is 5.26. The second kappa shape index (κ2) is 8.45. The molecule has 1 aromatic carbocycles. The molecule has 0 N–H and O–H groups in total. The first-order valence-electron chi connectivity index (χ1n) is 6.98. The van der Waals surface area contributed by atoms with Crippen molar-refractivity contribution in [3.05, 3.63) is 59.9 Å². The number of pyridine rings is 1. The van der Waals surface area contributed by atoms with Gasteiger partial charge >= 0.3 is 0 Å². The van der Waals surface area contributed by atoms with Crippen LogP contribution in [0.1, 0.15) is 11.3 Å². The van der Waals surface area contributed by atoms with E-state index in [1.807, 2.05) is 6.07 Å². The van der Waals surface area contributed by atoms with Crippen LogP contribution in [-0.2, 0) is 17.2 Å². The van der Waals surface area contributed by atoms with Gasteiger partial charge in [0.15, 0.2) is 6.20 Å². The molecule has 1 aromatic heterocycles. The van der Waals surface area contributed by atoms with Gasteiger partial charge in [0.2, 0.25) is 5.69 Å². The third-order valence-corrected chi connectivity index (χ3v) is 2.93. The fourth-order valence-corrected chi connectivity index (χ4v) is 1.77. The summed E-state index contributed by atoms with van der Waals surface area (Å²) < 4.78 is 29.3. The van der Waals surface area contributed by atoms with Gasteiger partial charge in [0.05, 0.1) is 10.1 Å². The Balaban J connectivity index is 0.000000463. The Morgan fingerprint density at radius 1 is 1.09 bits per heavy atom. The van der Waals surface area contributed by atoms with Gasteiger partial charge in [-0.15, -0.1) is 0 Å². The largest absolute Gasteiger partial charge is 0.748 e. The number of anilines is 1. The molecule has 0 saturated heterocycles. The highest BCUT2D eigenvalue weighted by atomic mass is 32.2. The summed E-state index contributed by atoms with van der Waals surface area (Å²) in [7, 11) is 2.25. The molecule has 0 atom stereocenters. The van der Waals surface area contributed by atoms with Crippen LogP contribution < -0.4 is 9.47 Å². The molecular formula is C17H22N2O3S. The highest BCUT2D eigenvalue weighted by Gasteiger charge is 2.05. The molecule has 1 heterocycles. The zero-order chi connectivity index (χ0) is 17.5. The minimum atomic E-state index is -3.92. The first kappa shape index (κ1) is 18.9. The van der Waals surface area contributed by atoms with Crippen LogP contribution in [0.25, 0.3) is 12.2 Å². The van der Waals surface area contributed by atoms with Gasteiger partial charge < -0.3 is 9.45 Å². The minimum Gasteiger partial charge on any atom is -0.748 e. The highest BCUT2D eigenvalue weighted by molar-refractivity contribution is 7.84. The summed E-state index contributed by atoms with van der Waals surface area (Å²) >= 11 is 0. The first-order chi connectivity index (χ1) is 10.7. The van der Waals surface area contributed by atoms with Crippen molar-refractivity contribution in [1.29, 1.82) is 0 Å². The summed E-state index contributed by atoms with van der Waals surface area (Å²) in [5, 5.41) is 0. The monoisotopic (exact) mass is 334 g/mol. The predicted octanol–water partition coefficient (Wildman–Crippen LogP) is 1.91. The molecule has 0 aliphatic carbocycles. The summed E-state index contributed by atoms with van der Waals surface area (Å²) in [6.45, 7) is 0. The SMILES string of the molecule is CN(C)c1cc[n+](C)c(C=Cc2ccccc2)c1.CS(=O)(=O)[O-].